The highest BCUT2D eigenvalue weighted by atomic mass is 32.2. The fourth-order valence-corrected chi connectivity index (χ4v) is 6.26. The van der Waals surface area contributed by atoms with E-state index < -0.39 is 5.92 Å². The van der Waals surface area contributed by atoms with Crippen molar-refractivity contribution in [3.8, 4) is 6.07 Å². The molecule has 1 aliphatic carbocycles. The second-order valence-electron chi connectivity index (χ2n) is 9.75. The molecule has 2 aromatic rings. The van der Waals surface area contributed by atoms with Crippen LogP contribution in [0.3, 0.4) is 0 Å². The van der Waals surface area contributed by atoms with Crippen molar-refractivity contribution in [1.29, 1.82) is 5.26 Å². The van der Waals surface area contributed by atoms with Crippen molar-refractivity contribution >= 4 is 34.0 Å². The Hall–Kier alpha value is -2.89. The second-order valence-corrected chi connectivity index (χ2v) is 12.0. The number of rotatable bonds is 6. The quantitative estimate of drug-likeness (QED) is 0.398. The Morgan fingerprint density at radius 1 is 1.32 bits per heavy atom. The van der Waals surface area contributed by atoms with Crippen molar-refractivity contribution in [1.82, 2.24) is 10.2 Å². The van der Waals surface area contributed by atoms with Gasteiger partial charge in [-0.3, -0.25) is 9.69 Å². The van der Waals surface area contributed by atoms with E-state index in [4.69, 9.17) is 5.73 Å². The number of anilines is 1. The maximum atomic E-state index is 13.6. The molecule has 0 saturated heterocycles. The first kappa shape index (κ1) is 24.2. The van der Waals surface area contributed by atoms with Crippen molar-refractivity contribution in [2.75, 3.05) is 10.7 Å². The molecule has 0 radical (unpaired) electrons. The minimum atomic E-state index is -0.483. The van der Waals surface area contributed by atoms with Crippen LogP contribution in [0.1, 0.15) is 63.5 Å². The van der Waals surface area contributed by atoms with Gasteiger partial charge in [-0.15, -0.1) is 16.8 Å². The lowest BCUT2D eigenvalue weighted by atomic mass is 9.68. The van der Waals surface area contributed by atoms with Crippen LogP contribution in [0.4, 0.5) is 5.13 Å². The third-order valence-corrected chi connectivity index (χ3v) is 8.27. The van der Waals surface area contributed by atoms with Gasteiger partial charge < -0.3 is 5.73 Å². The van der Waals surface area contributed by atoms with E-state index in [1.807, 2.05) is 18.2 Å². The average Bonchev–Trinajstić information content (AvgIpc) is 3.24. The summed E-state index contributed by atoms with van der Waals surface area (Å²) in [6, 6.07) is 10.5. The standard InChI is InChI=1S/C26H29N5OS2/c1-6-11-33-25-30-29-24(34-25)31-19-12-26(4,5)13-20(32)22(19)21(18(14-27)23(31)28)17-9-7-16(8-10-17)15(2)3/h6-10,15,21H,1,11-13,28H2,2-5H3. The molecule has 0 saturated carbocycles. The van der Waals surface area contributed by atoms with Crippen LogP contribution in [0.15, 0.2) is 63.9 Å². The number of nitrogens with two attached hydrogens (primary N) is 1. The molecule has 0 fully saturated rings. The van der Waals surface area contributed by atoms with E-state index in [-0.39, 0.29) is 11.2 Å². The van der Waals surface area contributed by atoms with E-state index in [9.17, 15) is 10.1 Å². The van der Waals surface area contributed by atoms with Crippen LogP contribution in [-0.2, 0) is 4.79 Å². The smallest absolute Gasteiger partial charge is 0.219 e. The van der Waals surface area contributed by atoms with Gasteiger partial charge >= 0.3 is 0 Å². The number of carbonyl (C=O) groups is 1. The van der Waals surface area contributed by atoms with Gasteiger partial charge in [0.15, 0.2) is 10.1 Å². The molecule has 2 aliphatic rings. The summed E-state index contributed by atoms with van der Waals surface area (Å²) in [5.74, 6) is 1.01. The Balaban J connectivity index is 1.89. The number of nitriles is 1. The van der Waals surface area contributed by atoms with Crippen LogP contribution in [-0.4, -0.2) is 21.7 Å². The lowest BCUT2D eigenvalue weighted by molar-refractivity contribution is -0.118. The molecule has 8 heteroatoms. The summed E-state index contributed by atoms with van der Waals surface area (Å²) in [7, 11) is 0. The molecule has 6 nitrogen and oxygen atoms in total. The number of hydrogen-bond acceptors (Lipinski definition) is 8. The van der Waals surface area contributed by atoms with Gasteiger partial charge in [-0.1, -0.05) is 81.1 Å². The van der Waals surface area contributed by atoms with Crippen molar-refractivity contribution in [2.45, 2.75) is 56.7 Å². The van der Waals surface area contributed by atoms with Gasteiger partial charge in [-0.05, 0) is 28.9 Å². The summed E-state index contributed by atoms with van der Waals surface area (Å²) in [5, 5.41) is 19.4. The van der Waals surface area contributed by atoms with Gasteiger partial charge in [0, 0.05) is 23.4 Å². The largest absolute Gasteiger partial charge is 0.384 e. The third kappa shape index (κ3) is 4.42. The van der Waals surface area contributed by atoms with Crippen molar-refractivity contribution in [2.24, 2.45) is 11.1 Å². The highest BCUT2D eigenvalue weighted by Crippen LogP contribution is 2.50. The first-order chi connectivity index (χ1) is 16.2. The minimum Gasteiger partial charge on any atom is -0.384 e. The van der Waals surface area contributed by atoms with Crippen LogP contribution in [0, 0.1) is 16.7 Å². The summed E-state index contributed by atoms with van der Waals surface area (Å²) in [5.41, 5.74) is 10.4. The number of aromatic nitrogens is 2. The lowest BCUT2D eigenvalue weighted by Crippen LogP contribution is -2.42. The Kier molecular flexibility index (Phi) is 6.70. The molecular formula is C26H29N5OS2. The van der Waals surface area contributed by atoms with Crippen LogP contribution >= 0.6 is 23.1 Å². The first-order valence-corrected chi connectivity index (χ1v) is 13.1. The molecule has 2 N–H and O–H groups in total. The molecule has 1 aromatic heterocycles. The van der Waals surface area contributed by atoms with Gasteiger partial charge in [0.25, 0.3) is 0 Å². The van der Waals surface area contributed by atoms with Crippen LogP contribution in [0.2, 0.25) is 0 Å². The normalized spacial score (nSPS) is 19.9. The molecule has 176 valence electrons. The summed E-state index contributed by atoms with van der Waals surface area (Å²) < 4.78 is 0.788. The molecule has 0 amide bonds. The lowest BCUT2D eigenvalue weighted by Gasteiger charge is -2.42. The number of benzene rings is 1. The van der Waals surface area contributed by atoms with E-state index in [1.165, 1.54) is 28.7 Å². The summed E-state index contributed by atoms with van der Waals surface area (Å²) in [4.78, 5) is 15.4. The fourth-order valence-electron chi connectivity index (χ4n) is 4.62. The highest BCUT2D eigenvalue weighted by molar-refractivity contribution is 8.01. The predicted octanol–water partition coefficient (Wildman–Crippen LogP) is 5.88. The molecule has 34 heavy (non-hydrogen) atoms. The average molecular weight is 492 g/mol. The van der Waals surface area contributed by atoms with Crippen molar-refractivity contribution in [3.63, 3.8) is 0 Å². The number of Topliss-reactive ketones (excluding diaryl/α,β-unsaturated/α-hetero) is 1. The number of hydrogen-bond donors (Lipinski definition) is 1. The number of nitrogens with zero attached hydrogens (tertiary/aromatic N) is 4. The summed E-state index contributed by atoms with van der Waals surface area (Å²) >= 11 is 2.94. The number of ketones is 1. The number of allylic oxidation sites excluding steroid dienone is 3. The van der Waals surface area contributed by atoms with E-state index in [1.54, 1.807) is 4.90 Å². The van der Waals surface area contributed by atoms with E-state index in [2.05, 4.69) is 62.7 Å². The molecule has 1 aliphatic heterocycles. The maximum absolute atomic E-state index is 13.6. The van der Waals surface area contributed by atoms with E-state index >= 15 is 0 Å². The first-order valence-electron chi connectivity index (χ1n) is 11.3. The van der Waals surface area contributed by atoms with Gasteiger partial charge in [0.2, 0.25) is 5.13 Å². The monoisotopic (exact) mass is 491 g/mol. The third-order valence-electron chi connectivity index (χ3n) is 6.23. The SMILES string of the molecule is C=CCSc1nnc(N2C(N)=C(C#N)C(c3ccc(C(C)C)cc3)C3=C2CC(C)(C)CC3=O)s1. The zero-order chi connectivity index (χ0) is 24.6. The molecule has 1 unspecified atom stereocenters. The Labute approximate surface area is 209 Å². The Morgan fingerprint density at radius 2 is 2.03 bits per heavy atom. The minimum absolute atomic E-state index is 0.0557. The maximum Gasteiger partial charge on any atom is 0.219 e. The van der Waals surface area contributed by atoms with Crippen molar-refractivity contribution in [3.05, 3.63) is 70.7 Å². The van der Waals surface area contributed by atoms with Gasteiger partial charge in [0.1, 0.15) is 5.82 Å². The number of thioether (sulfide) groups is 1. The second kappa shape index (κ2) is 9.40. The molecule has 1 atom stereocenters. The van der Waals surface area contributed by atoms with Crippen LogP contribution < -0.4 is 10.6 Å². The molecule has 0 spiro atoms. The van der Waals surface area contributed by atoms with Crippen molar-refractivity contribution < 1.29 is 4.79 Å². The summed E-state index contributed by atoms with van der Waals surface area (Å²) in [6.45, 7) is 12.2. The predicted molar refractivity (Wildman–Crippen MR) is 138 cm³/mol. The Morgan fingerprint density at radius 3 is 2.65 bits per heavy atom. The molecule has 2 heterocycles. The van der Waals surface area contributed by atoms with Crippen LogP contribution in [0.5, 0.6) is 0 Å². The number of carbonyl (C=O) groups excluding carboxylic acids is 1. The zero-order valence-corrected chi connectivity index (χ0v) is 21.6. The topological polar surface area (TPSA) is 95.9 Å². The van der Waals surface area contributed by atoms with Gasteiger partial charge in [0.05, 0.1) is 17.6 Å². The van der Waals surface area contributed by atoms with E-state index in [0.29, 0.717) is 40.9 Å². The van der Waals surface area contributed by atoms with Gasteiger partial charge in [-0.2, -0.15) is 5.26 Å². The Bertz CT molecular complexity index is 1230. The van der Waals surface area contributed by atoms with Gasteiger partial charge in [-0.25, -0.2) is 0 Å². The zero-order valence-electron chi connectivity index (χ0n) is 20.0. The molecular weight excluding hydrogens is 462 g/mol. The summed E-state index contributed by atoms with van der Waals surface area (Å²) in [6.07, 6.45) is 2.89. The fraction of sp³-hybridized carbons (Fsp3) is 0.385. The van der Waals surface area contributed by atoms with Crippen LogP contribution in [0.25, 0.3) is 0 Å². The molecule has 1 aromatic carbocycles. The molecule has 0 bridgehead atoms. The van der Waals surface area contributed by atoms with E-state index in [0.717, 1.165) is 21.4 Å². The highest BCUT2D eigenvalue weighted by Gasteiger charge is 2.45. The molecule has 4 rings (SSSR count).